The van der Waals surface area contributed by atoms with Crippen LogP contribution in [0.15, 0.2) is 48.5 Å². The molecule has 0 aliphatic heterocycles. The summed E-state index contributed by atoms with van der Waals surface area (Å²) in [4.78, 5) is 23.8. The molecular weight excluding hydrogens is 304 g/mol. The molecule has 4 nitrogen and oxygen atoms in total. The Morgan fingerprint density at radius 3 is 2.45 bits per heavy atom. The molecule has 0 heterocycles. The first kappa shape index (κ1) is 16.0. The van der Waals surface area contributed by atoms with Gasteiger partial charge in [0.15, 0.2) is 5.78 Å². The molecule has 2 aromatic carbocycles. The third kappa shape index (κ3) is 3.86. The highest BCUT2D eigenvalue weighted by Gasteiger charge is 2.24. The second-order valence-corrected chi connectivity index (χ2v) is 5.24. The molecule has 1 N–H and O–H groups in total. The first-order valence-electron chi connectivity index (χ1n) is 6.67. The van der Waals surface area contributed by atoms with Crippen LogP contribution in [0, 0.1) is 0 Å². The number of aliphatic carboxylic acids is 1. The molecule has 114 valence electrons. The second-order valence-electron chi connectivity index (χ2n) is 4.80. The molecule has 0 radical (unpaired) electrons. The summed E-state index contributed by atoms with van der Waals surface area (Å²) in [7, 11) is 1.51. The largest absolute Gasteiger partial charge is 0.497 e. The number of hydrogen-bond acceptors (Lipinski definition) is 3. The Labute approximate surface area is 133 Å². The van der Waals surface area contributed by atoms with Gasteiger partial charge in [0.2, 0.25) is 0 Å². The lowest BCUT2D eigenvalue weighted by Crippen LogP contribution is -2.16. The van der Waals surface area contributed by atoms with E-state index in [2.05, 4.69) is 0 Å². The highest BCUT2D eigenvalue weighted by Crippen LogP contribution is 2.25. The van der Waals surface area contributed by atoms with E-state index in [1.165, 1.54) is 7.11 Å². The Morgan fingerprint density at radius 2 is 1.86 bits per heavy atom. The van der Waals surface area contributed by atoms with Crippen molar-refractivity contribution in [1.29, 1.82) is 0 Å². The molecule has 1 atom stereocenters. The fraction of sp³-hybridized carbons (Fsp3) is 0.176. The van der Waals surface area contributed by atoms with Gasteiger partial charge in [-0.1, -0.05) is 35.9 Å². The average Bonchev–Trinajstić information content (AvgIpc) is 2.53. The molecule has 0 aromatic heterocycles. The number of carbonyl (C=O) groups excluding carboxylic acids is 1. The van der Waals surface area contributed by atoms with Gasteiger partial charge in [0.25, 0.3) is 0 Å². The van der Waals surface area contributed by atoms with Crippen molar-refractivity contribution in [3.05, 3.63) is 64.7 Å². The van der Waals surface area contributed by atoms with E-state index in [1.807, 2.05) is 0 Å². The van der Waals surface area contributed by atoms with Crippen LogP contribution in [0.4, 0.5) is 0 Å². The molecule has 0 unspecified atom stereocenters. The number of methoxy groups -OCH3 is 1. The zero-order valence-corrected chi connectivity index (χ0v) is 12.7. The molecule has 0 saturated heterocycles. The number of carbonyl (C=O) groups is 2. The first-order chi connectivity index (χ1) is 10.5. The van der Waals surface area contributed by atoms with Gasteiger partial charge in [0.05, 0.1) is 13.0 Å². The highest BCUT2D eigenvalue weighted by molar-refractivity contribution is 6.30. The van der Waals surface area contributed by atoms with Gasteiger partial charge in [-0.15, -0.1) is 0 Å². The van der Waals surface area contributed by atoms with E-state index in [9.17, 15) is 14.7 Å². The fourth-order valence-corrected chi connectivity index (χ4v) is 2.27. The number of benzene rings is 2. The smallest absolute Gasteiger partial charge is 0.311 e. The number of hydrogen-bond donors (Lipinski definition) is 1. The van der Waals surface area contributed by atoms with Crippen LogP contribution in [-0.2, 0) is 4.79 Å². The molecule has 2 rings (SSSR count). The van der Waals surface area contributed by atoms with Crippen molar-refractivity contribution >= 4 is 23.4 Å². The van der Waals surface area contributed by atoms with Crippen molar-refractivity contribution in [2.24, 2.45) is 0 Å². The lowest BCUT2D eigenvalue weighted by Gasteiger charge is -2.12. The van der Waals surface area contributed by atoms with Crippen LogP contribution in [0.1, 0.15) is 28.3 Å². The third-order valence-corrected chi connectivity index (χ3v) is 3.60. The predicted octanol–water partition coefficient (Wildman–Crippen LogP) is 3.79. The van der Waals surface area contributed by atoms with Crippen LogP contribution < -0.4 is 4.74 Å². The summed E-state index contributed by atoms with van der Waals surface area (Å²) in [5.74, 6) is -1.64. The highest BCUT2D eigenvalue weighted by atomic mass is 35.5. The van der Waals surface area contributed by atoms with Crippen LogP contribution in [0.25, 0.3) is 0 Å². The summed E-state index contributed by atoms with van der Waals surface area (Å²) in [6, 6.07) is 13.1. The van der Waals surface area contributed by atoms with Crippen LogP contribution in [0.5, 0.6) is 5.75 Å². The molecule has 0 saturated carbocycles. The average molecular weight is 319 g/mol. The minimum absolute atomic E-state index is 0.121. The lowest BCUT2D eigenvalue weighted by molar-refractivity contribution is -0.138. The van der Waals surface area contributed by atoms with Crippen molar-refractivity contribution in [2.75, 3.05) is 7.11 Å². The maximum absolute atomic E-state index is 12.3. The standard InChI is InChI=1S/C17H15ClO4/c1-22-14-4-2-3-12(9-14)16(19)10-15(17(20)21)11-5-7-13(18)8-6-11/h2-9,15H,10H2,1H3,(H,20,21)/t15-/m1/s1. The molecule has 5 heteroatoms. The molecule has 0 aliphatic carbocycles. The summed E-state index contributed by atoms with van der Waals surface area (Å²) in [5, 5.41) is 9.90. The molecule has 0 fully saturated rings. The molecule has 0 aliphatic rings. The minimum atomic E-state index is -1.04. The number of ether oxygens (including phenoxy) is 1. The first-order valence-corrected chi connectivity index (χ1v) is 7.04. The molecule has 2 aromatic rings. The van der Waals surface area contributed by atoms with Crippen molar-refractivity contribution < 1.29 is 19.4 Å². The number of carboxylic acids is 1. The van der Waals surface area contributed by atoms with Crippen molar-refractivity contribution in [2.45, 2.75) is 12.3 Å². The Kier molecular flexibility index (Phi) is 5.17. The SMILES string of the molecule is COc1cccc(C(=O)C[C@@H](C(=O)O)c2ccc(Cl)cc2)c1. The number of carboxylic acid groups (broad SMARTS) is 1. The molecule has 22 heavy (non-hydrogen) atoms. The molecule has 0 amide bonds. The van der Waals surface area contributed by atoms with E-state index < -0.39 is 11.9 Å². The van der Waals surface area contributed by atoms with Gasteiger partial charge in [-0.05, 0) is 29.8 Å². The molecule has 0 bridgehead atoms. The third-order valence-electron chi connectivity index (χ3n) is 3.35. The van der Waals surface area contributed by atoms with Gasteiger partial charge in [-0.25, -0.2) is 0 Å². The van der Waals surface area contributed by atoms with Gasteiger partial charge < -0.3 is 9.84 Å². The normalized spacial score (nSPS) is 11.7. The molecule has 0 spiro atoms. The van der Waals surface area contributed by atoms with E-state index in [-0.39, 0.29) is 12.2 Å². The monoisotopic (exact) mass is 318 g/mol. The van der Waals surface area contributed by atoms with Gasteiger partial charge >= 0.3 is 5.97 Å². The van der Waals surface area contributed by atoms with E-state index in [0.29, 0.717) is 21.9 Å². The van der Waals surface area contributed by atoms with Gasteiger partial charge in [-0.2, -0.15) is 0 Å². The van der Waals surface area contributed by atoms with E-state index in [0.717, 1.165) is 0 Å². The summed E-state index contributed by atoms with van der Waals surface area (Å²) in [6.45, 7) is 0. The lowest BCUT2D eigenvalue weighted by atomic mass is 9.91. The number of halogens is 1. The maximum atomic E-state index is 12.3. The zero-order chi connectivity index (χ0) is 16.1. The maximum Gasteiger partial charge on any atom is 0.311 e. The van der Waals surface area contributed by atoms with Crippen molar-refractivity contribution in [3.8, 4) is 5.75 Å². The van der Waals surface area contributed by atoms with Crippen LogP contribution in [0.3, 0.4) is 0 Å². The zero-order valence-electron chi connectivity index (χ0n) is 12.0. The van der Waals surface area contributed by atoms with E-state index in [4.69, 9.17) is 16.3 Å². The number of ketones is 1. The Balaban J connectivity index is 2.22. The van der Waals surface area contributed by atoms with Crippen LogP contribution in [0.2, 0.25) is 5.02 Å². The number of rotatable bonds is 6. The summed E-state index contributed by atoms with van der Waals surface area (Å²) >= 11 is 5.80. The molecular formula is C17H15ClO4. The van der Waals surface area contributed by atoms with Gasteiger partial charge in [0.1, 0.15) is 5.75 Å². The summed E-state index contributed by atoms with van der Waals surface area (Å²) < 4.78 is 5.07. The minimum Gasteiger partial charge on any atom is -0.497 e. The predicted molar refractivity (Wildman–Crippen MR) is 83.8 cm³/mol. The van der Waals surface area contributed by atoms with Crippen LogP contribution >= 0.6 is 11.6 Å². The second kappa shape index (κ2) is 7.09. The Morgan fingerprint density at radius 1 is 1.18 bits per heavy atom. The van der Waals surface area contributed by atoms with E-state index >= 15 is 0 Å². The van der Waals surface area contributed by atoms with Crippen molar-refractivity contribution in [1.82, 2.24) is 0 Å². The topological polar surface area (TPSA) is 63.6 Å². The summed E-state index contributed by atoms with van der Waals surface area (Å²) in [6.07, 6.45) is -0.121. The van der Waals surface area contributed by atoms with Crippen LogP contribution in [-0.4, -0.2) is 24.0 Å². The van der Waals surface area contributed by atoms with E-state index in [1.54, 1.807) is 48.5 Å². The Hall–Kier alpha value is -2.33. The Bertz CT molecular complexity index is 679. The van der Waals surface area contributed by atoms with Gasteiger partial charge in [-0.3, -0.25) is 9.59 Å². The number of Topliss-reactive ketones (excluding diaryl/α,β-unsaturated/α-hetero) is 1. The van der Waals surface area contributed by atoms with Crippen molar-refractivity contribution in [3.63, 3.8) is 0 Å². The fourth-order valence-electron chi connectivity index (χ4n) is 2.14. The van der Waals surface area contributed by atoms with Gasteiger partial charge in [0, 0.05) is 17.0 Å². The summed E-state index contributed by atoms with van der Waals surface area (Å²) in [5.41, 5.74) is 0.979. The quantitative estimate of drug-likeness (QED) is 0.823.